The molecule has 1 amide bonds. The first-order valence-corrected chi connectivity index (χ1v) is 9.41. The van der Waals surface area contributed by atoms with Gasteiger partial charge >= 0.3 is 0 Å². The zero-order chi connectivity index (χ0) is 16.9. The Morgan fingerprint density at radius 3 is 2.58 bits per heavy atom. The number of hydrogen-bond acceptors (Lipinski definition) is 4. The van der Waals surface area contributed by atoms with Crippen molar-refractivity contribution in [3.8, 4) is 0 Å². The van der Waals surface area contributed by atoms with Crippen LogP contribution in [0.3, 0.4) is 0 Å². The topological polar surface area (TPSA) is 79.4 Å². The van der Waals surface area contributed by atoms with Gasteiger partial charge in [-0.3, -0.25) is 9.52 Å². The fourth-order valence-electron chi connectivity index (χ4n) is 3.21. The number of amides is 1. The third-order valence-corrected chi connectivity index (χ3v) is 5.86. The lowest BCUT2D eigenvalue weighted by atomic mass is 10.00. The van der Waals surface area contributed by atoms with Crippen LogP contribution in [0.15, 0.2) is 35.4 Å². The molecule has 4 rings (SSSR count). The Morgan fingerprint density at radius 1 is 1.12 bits per heavy atom. The van der Waals surface area contributed by atoms with E-state index in [0.717, 1.165) is 16.8 Å². The number of aryl methyl sites for hydroxylation is 1. The summed E-state index contributed by atoms with van der Waals surface area (Å²) in [5.41, 5.74) is 2.72. The number of carbonyl (C=O) groups excluding carboxylic acids is 1. The molecule has 2 aromatic rings. The van der Waals surface area contributed by atoms with E-state index in [1.165, 1.54) is 12.3 Å². The lowest BCUT2D eigenvalue weighted by Gasteiger charge is -2.25. The molecule has 1 aromatic carbocycles. The van der Waals surface area contributed by atoms with Gasteiger partial charge in [-0.05, 0) is 48.2 Å². The number of hydrogen-bond donors (Lipinski definition) is 1. The fraction of sp³-hybridized carbons (Fsp3) is 0.250. The Morgan fingerprint density at radius 2 is 1.88 bits per heavy atom. The van der Waals surface area contributed by atoms with Crippen molar-refractivity contribution in [3.63, 3.8) is 0 Å². The lowest BCUT2D eigenvalue weighted by Crippen LogP contribution is -2.33. The molecule has 0 atom stereocenters. The van der Waals surface area contributed by atoms with Crippen molar-refractivity contribution < 1.29 is 13.2 Å². The molecular formula is C16H14ClN3O3S. The second-order valence-corrected chi connectivity index (χ2v) is 7.97. The molecule has 24 heavy (non-hydrogen) atoms. The van der Waals surface area contributed by atoms with Crippen molar-refractivity contribution in [2.24, 2.45) is 0 Å². The van der Waals surface area contributed by atoms with E-state index in [2.05, 4.69) is 9.71 Å². The van der Waals surface area contributed by atoms with Gasteiger partial charge in [-0.25, -0.2) is 13.4 Å². The summed E-state index contributed by atoms with van der Waals surface area (Å²) in [6, 6.07) is 6.39. The smallest absolute Gasteiger partial charge is 0.263 e. The SMILES string of the molecule is O=C1CCc2cc(S(=O)(=O)Nc3ccc(Cl)cn3)cc3c2N1CC3. The number of halogens is 1. The average Bonchev–Trinajstić information content (AvgIpc) is 2.98. The molecule has 0 saturated carbocycles. The summed E-state index contributed by atoms with van der Waals surface area (Å²) in [4.78, 5) is 17.9. The largest absolute Gasteiger partial charge is 0.312 e. The predicted octanol–water partition coefficient (Wildman–Crippen LogP) is 2.37. The summed E-state index contributed by atoms with van der Waals surface area (Å²) in [6.45, 7) is 0.622. The first-order valence-electron chi connectivity index (χ1n) is 7.54. The van der Waals surface area contributed by atoms with Gasteiger partial charge in [0.25, 0.3) is 10.0 Å². The molecule has 8 heteroatoms. The van der Waals surface area contributed by atoms with E-state index < -0.39 is 10.0 Å². The molecule has 0 aliphatic carbocycles. The zero-order valence-electron chi connectivity index (χ0n) is 12.6. The van der Waals surface area contributed by atoms with Gasteiger partial charge in [-0.1, -0.05) is 11.6 Å². The van der Waals surface area contributed by atoms with Gasteiger partial charge < -0.3 is 4.90 Å². The quantitative estimate of drug-likeness (QED) is 0.907. The number of sulfonamides is 1. The fourth-order valence-corrected chi connectivity index (χ4v) is 4.43. The van der Waals surface area contributed by atoms with Crippen molar-refractivity contribution in [1.29, 1.82) is 0 Å². The van der Waals surface area contributed by atoms with Crippen molar-refractivity contribution in [2.75, 3.05) is 16.2 Å². The third kappa shape index (κ3) is 2.53. The van der Waals surface area contributed by atoms with E-state index in [4.69, 9.17) is 11.6 Å². The predicted molar refractivity (Wildman–Crippen MR) is 90.9 cm³/mol. The molecule has 0 unspecified atom stereocenters. The Labute approximate surface area is 144 Å². The van der Waals surface area contributed by atoms with Gasteiger partial charge in [0.1, 0.15) is 5.82 Å². The lowest BCUT2D eigenvalue weighted by molar-refractivity contribution is -0.118. The monoisotopic (exact) mass is 363 g/mol. The van der Waals surface area contributed by atoms with Crippen LogP contribution in [0.2, 0.25) is 5.02 Å². The molecule has 0 bridgehead atoms. The van der Waals surface area contributed by atoms with Crippen LogP contribution in [-0.2, 0) is 27.7 Å². The normalized spacial score (nSPS) is 16.2. The molecule has 0 saturated heterocycles. The van der Waals surface area contributed by atoms with Crippen molar-refractivity contribution in [3.05, 3.63) is 46.6 Å². The molecule has 2 aliphatic rings. The van der Waals surface area contributed by atoms with Crippen LogP contribution in [0, 0.1) is 0 Å². The highest BCUT2D eigenvalue weighted by atomic mass is 35.5. The molecular weight excluding hydrogens is 350 g/mol. The van der Waals surface area contributed by atoms with E-state index >= 15 is 0 Å². The number of pyridine rings is 1. The van der Waals surface area contributed by atoms with E-state index in [-0.39, 0.29) is 16.6 Å². The average molecular weight is 364 g/mol. The highest BCUT2D eigenvalue weighted by molar-refractivity contribution is 7.92. The second kappa shape index (κ2) is 5.46. The maximum absolute atomic E-state index is 12.7. The van der Waals surface area contributed by atoms with Crippen LogP contribution in [0.25, 0.3) is 0 Å². The van der Waals surface area contributed by atoms with Crippen LogP contribution in [0.5, 0.6) is 0 Å². The van der Waals surface area contributed by atoms with Gasteiger partial charge in [-0.2, -0.15) is 0 Å². The Hall–Kier alpha value is -2.12. The summed E-state index contributed by atoms with van der Waals surface area (Å²) >= 11 is 5.76. The molecule has 0 fully saturated rings. The first-order chi connectivity index (χ1) is 11.4. The number of nitrogens with zero attached hydrogens (tertiary/aromatic N) is 2. The van der Waals surface area contributed by atoms with Crippen LogP contribution >= 0.6 is 11.6 Å². The number of aromatic nitrogens is 1. The highest BCUT2D eigenvalue weighted by Gasteiger charge is 2.32. The standard InChI is InChI=1S/C16H14ClN3O3S/c17-12-2-3-14(18-9-12)19-24(22,23)13-7-10-1-4-15(21)20-6-5-11(8-13)16(10)20/h2-3,7-9H,1,4-6H2,(H,18,19). The maximum Gasteiger partial charge on any atom is 0.263 e. The number of rotatable bonds is 3. The minimum absolute atomic E-state index is 0.111. The van der Waals surface area contributed by atoms with Gasteiger partial charge in [0, 0.05) is 19.2 Å². The third-order valence-electron chi connectivity index (χ3n) is 4.30. The Balaban J connectivity index is 1.72. The molecule has 6 nitrogen and oxygen atoms in total. The highest BCUT2D eigenvalue weighted by Crippen LogP contribution is 2.38. The van der Waals surface area contributed by atoms with E-state index in [1.54, 1.807) is 23.1 Å². The summed E-state index contributed by atoms with van der Waals surface area (Å²) in [5, 5.41) is 0.435. The van der Waals surface area contributed by atoms with Crippen LogP contribution < -0.4 is 9.62 Å². The molecule has 1 aromatic heterocycles. The summed E-state index contributed by atoms with van der Waals surface area (Å²) in [6.07, 6.45) is 3.05. The van der Waals surface area contributed by atoms with E-state index in [0.29, 0.717) is 30.8 Å². The molecule has 3 heterocycles. The van der Waals surface area contributed by atoms with Crippen LogP contribution in [-0.4, -0.2) is 25.9 Å². The van der Waals surface area contributed by atoms with Crippen LogP contribution in [0.4, 0.5) is 11.5 Å². The summed E-state index contributed by atoms with van der Waals surface area (Å²) in [5.74, 6) is 0.325. The minimum Gasteiger partial charge on any atom is -0.312 e. The number of carbonyl (C=O) groups is 1. The van der Waals surface area contributed by atoms with Gasteiger partial charge in [0.15, 0.2) is 0 Å². The molecule has 0 radical (unpaired) electrons. The Kier molecular flexibility index (Phi) is 3.51. The maximum atomic E-state index is 12.7. The number of benzene rings is 1. The van der Waals surface area contributed by atoms with Crippen molar-refractivity contribution >= 4 is 39.0 Å². The molecule has 1 N–H and O–H groups in total. The minimum atomic E-state index is -3.75. The number of anilines is 2. The second-order valence-electron chi connectivity index (χ2n) is 5.85. The van der Waals surface area contributed by atoms with Crippen molar-refractivity contribution in [1.82, 2.24) is 4.98 Å². The first kappa shape index (κ1) is 15.4. The molecule has 0 spiro atoms. The summed E-state index contributed by atoms with van der Waals surface area (Å²) in [7, 11) is -3.75. The van der Waals surface area contributed by atoms with Crippen LogP contribution in [0.1, 0.15) is 17.5 Å². The zero-order valence-corrected chi connectivity index (χ0v) is 14.2. The van der Waals surface area contributed by atoms with Crippen molar-refractivity contribution in [2.45, 2.75) is 24.2 Å². The van der Waals surface area contributed by atoms with Gasteiger partial charge in [0.05, 0.1) is 15.6 Å². The van der Waals surface area contributed by atoms with E-state index in [1.807, 2.05) is 0 Å². The Bertz CT molecular complexity index is 942. The number of nitrogens with one attached hydrogen (secondary N) is 1. The molecule has 124 valence electrons. The summed E-state index contributed by atoms with van der Waals surface area (Å²) < 4.78 is 27.8. The van der Waals surface area contributed by atoms with E-state index in [9.17, 15) is 13.2 Å². The molecule has 2 aliphatic heterocycles. The van der Waals surface area contributed by atoms with Gasteiger partial charge in [-0.15, -0.1) is 0 Å². The van der Waals surface area contributed by atoms with Gasteiger partial charge in [0.2, 0.25) is 5.91 Å².